The van der Waals surface area contributed by atoms with E-state index >= 15 is 0 Å². The number of amidine groups is 1. The average Bonchev–Trinajstić information content (AvgIpc) is 2.86. The zero-order valence-electron chi connectivity index (χ0n) is 11.2. The van der Waals surface area contributed by atoms with Gasteiger partial charge in [-0.15, -0.1) is 0 Å². The van der Waals surface area contributed by atoms with Crippen molar-refractivity contribution in [3.8, 4) is 0 Å². The SMILES string of the molecule is O=C1c2ccncc2N=C2C1[C@H](O)CN2c1ccccc1. The number of aliphatic hydroxyl groups excluding tert-OH is 1. The molecular formula is C16H13N3O2. The first kappa shape index (κ1) is 12.2. The lowest BCUT2D eigenvalue weighted by Crippen LogP contribution is -2.34. The highest BCUT2D eigenvalue weighted by atomic mass is 16.3. The molecule has 0 bridgehead atoms. The Morgan fingerprint density at radius 1 is 1.19 bits per heavy atom. The molecule has 0 aliphatic carbocycles. The molecule has 0 radical (unpaired) electrons. The number of anilines is 1. The molecule has 3 heterocycles. The van der Waals surface area contributed by atoms with Gasteiger partial charge in [0, 0.05) is 17.4 Å². The number of Topliss-reactive ketones (excluding diaryl/α,β-unsaturated/α-hetero) is 1. The van der Waals surface area contributed by atoms with Crippen LogP contribution in [0.5, 0.6) is 0 Å². The lowest BCUT2D eigenvalue weighted by Gasteiger charge is -2.23. The second-order valence-electron chi connectivity index (χ2n) is 5.22. The smallest absolute Gasteiger partial charge is 0.178 e. The summed E-state index contributed by atoms with van der Waals surface area (Å²) in [5.41, 5.74) is 2.04. The zero-order chi connectivity index (χ0) is 14.4. The van der Waals surface area contributed by atoms with Gasteiger partial charge in [0.05, 0.1) is 24.5 Å². The Labute approximate surface area is 121 Å². The fraction of sp³-hybridized carbons (Fsp3) is 0.188. The Bertz CT molecular complexity index is 742. The molecule has 2 aromatic rings. The molecule has 4 rings (SSSR count). The maximum absolute atomic E-state index is 12.6. The summed E-state index contributed by atoms with van der Waals surface area (Å²) in [6.07, 6.45) is 2.43. The monoisotopic (exact) mass is 279 g/mol. The summed E-state index contributed by atoms with van der Waals surface area (Å²) in [5.74, 6) is -0.0531. The minimum Gasteiger partial charge on any atom is -0.390 e. The molecule has 5 nitrogen and oxygen atoms in total. The standard InChI is InChI=1S/C16H13N3O2/c20-13-9-19(10-4-2-1-3-5-10)16-14(13)15(21)11-6-7-17-8-12(11)18-16/h1-8,13-14,20H,9H2/t13-,14?/m1/s1. The van der Waals surface area contributed by atoms with Crippen molar-refractivity contribution in [1.82, 2.24) is 4.98 Å². The van der Waals surface area contributed by atoms with Gasteiger partial charge in [-0.3, -0.25) is 9.78 Å². The van der Waals surface area contributed by atoms with Gasteiger partial charge in [0.2, 0.25) is 0 Å². The van der Waals surface area contributed by atoms with E-state index in [4.69, 9.17) is 0 Å². The second-order valence-corrected chi connectivity index (χ2v) is 5.22. The van der Waals surface area contributed by atoms with Crippen molar-refractivity contribution in [3.63, 3.8) is 0 Å². The van der Waals surface area contributed by atoms with Gasteiger partial charge in [0.1, 0.15) is 11.8 Å². The third-order valence-corrected chi connectivity index (χ3v) is 3.96. The average molecular weight is 279 g/mol. The fourth-order valence-electron chi connectivity index (χ4n) is 2.97. The van der Waals surface area contributed by atoms with Crippen LogP contribution >= 0.6 is 0 Å². The van der Waals surface area contributed by atoms with Crippen LogP contribution in [0.4, 0.5) is 11.4 Å². The lowest BCUT2D eigenvalue weighted by molar-refractivity contribution is 0.0838. The third kappa shape index (κ3) is 1.78. The number of para-hydroxylation sites is 1. The number of benzene rings is 1. The number of fused-ring (bicyclic) bond motifs is 2. The Kier molecular flexibility index (Phi) is 2.62. The topological polar surface area (TPSA) is 65.8 Å². The number of aliphatic imine (C=N–C) groups is 1. The summed E-state index contributed by atoms with van der Waals surface area (Å²) < 4.78 is 0. The summed E-state index contributed by atoms with van der Waals surface area (Å²) in [5, 5.41) is 10.3. The minimum atomic E-state index is -0.738. The predicted molar refractivity (Wildman–Crippen MR) is 78.9 cm³/mol. The first-order valence-electron chi connectivity index (χ1n) is 6.83. The number of ketones is 1. The number of carbonyl (C=O) groups excluding carboxylic acids is 1. The van der Waals surface area contributed by atoms with E-state index in [2.05, 4.69) is 9.98 Å². The van der Waals surface area contributed by atoms with Gasteiger partial charge in [-0.2, -0.15) is 0 Å². The molecule has 1 fully saturated rings. The molecule has 1 N–H and O–H groups in total. The Balaban J connectivity index is 1.86. The van der Waals surface area contributed by atoms with Gasteiger partial charge in [-0.25, -0.2) is 4.99 Å². The van der Waals surface area contributed by atoms with Crippen molar-refractivity contribution in [2.75, 3.05) is 11.4 Å². The minimum absolute atomic E-state index is 0.0802. The van der Waals surface area contributed by atoms with Crippen LogP contribution in [-0.2, 0) is 0 Å². The first-order valence-corrected chi connectivity index (χ1v) is 6.83. The lowest BCUT2D eigenvalue weighted by atomic mass is 9.91. The summed E-state index contributed by atoms with van der Waals surface area (Å²) in [6, 6.07) is 11.3. The number of aromatic nitrogens is 1. The molecule has 2 atom stereocenters. The van der Waals surface area contributed by atoms with E-state index < -0.39 is 12.0 Å². The summed E-state index contributed by atoms with van der Waals surface area (Å²) in [4.78, 5) is 23.1. The van der Waals surface area contributed by atoms with Crippen LogP contribution in [0.2, 0.25) is 0 Å². The molecule has 1 saturated heterocycles. The van der Waals surface area contributed by atoms with Gasteiger partial charge in [0.15, 0.2) is 5.78 Å². The molecule has 2 aliphatic rings. The molecule has 1 unspecified atom stereocenters. The van der Waals surface area contributed by atoms with E-state index in [0.29, 0.717) is 23.6 Å². The number of hydrogen-bond acceptors (Lipinski definition) is 5. The molecule has 0 spiro atoms. The molecular weight excluding hydrogens is 266 g/mol. The third-order valence-electron chi connectivity index (χ3n) is 3.96. The summed E-state index contributed by atoms with van der Waals surface area (Å²) in [6.45, 7) is 0.376. The summed E-state index contributed by atoms with van der Waals surface area (Å²) in [7, 11) is 0. The molecule has 1 aromatic heterocycles. The second kappa shape index (κ2) is 4.49. The van der Waals surface area contributed by atoms with Crippen LogP contribution in [0.15, 0.2) is 53.8 Å². The van der Waals surface area contributed by atoms with Gasteiger partial charge in [-0.05, 0) is 18.2 Å². The molecule has 5 heteroatoms. The van der Waals surface area contributed by atoms with Crippen molar-refractivity contribution in [2.24, 2.45) is 10.9 Å². The highest BCUT2D eigenvalue weighted by molar-refractivity contribution is 6.23. The number of aliphatic hydroxyl groups is 1. The van der Waals surface area contributed by atoms with Crippen LogP contribution in [0.3, 0.4) is 0 Å². The van der Waals surface area contributed by atoms with Crippen molar-refractivity contribution >= 4 is 23.0 Å². The number of carbonyl (C=O) groups is 1. The van der Waals surface area contributed by atoms with E-state index in [1.807, 2.05) is 35.2 Å². The van der Waals surface area contributed by atoms with Crippen LogP contribution < -0.4 is 4.90 Å². The Hall–Kier alpha value is -2.53. The largest absolute Gasteiger partial charge is 0.390 e. The maximum Gasteiger partial charge on any atom is 0.178 e. The highest BCUT2D eigenvalue weighted by Crippen LogP contribution is 2.36. The molecule has 0 saturated carbocycles. The normalized spacial score (nSPS) is 23.6. The first-order chi connectivity index (χ1) is 10.3. The van der Waals surface area contributed by atoms with Crippen molar-refractivity contribution in [1.29, 1.82) is 0 Å². The molecule has 2 aliphatic heterocycles. The van der Waals surface area contributed by atoms with Gasteiger partial charge in [-0.1, -0.05) is 18.2 Å². The molecule has 21 heavy (non-hydrogen) atoms. The number of hydrogen-bond donors (Lipinski definition) is 1. The quantitative estimate of drug-likeness (QED) is 0.864. The predicted octanol–water partition coefficient (Wildman–Crippen LogP) is 1.81. The van der Waals surface area contributed by atoms with E-state index in [1.165, 1.54) is 0 Å². The Morgan fingerprint density at radius 2 is 2.00 bits per heavy atom. The van der Waals surface area contributed by atoms with E-state index in [1.54, 1.807) is 18.5 Å². The number of nitrogens with zero attached hydrogens (tertiary/aromatic N) is 3. The van der Waals surface area contributed by atoms with Crippen LogP contribution in [0.1, 0.15) is 10.4 Å². The van der Waals surface area contributed by atoms with Crippen LogP contribution in [0, 0.1) is 5.92 Å². The van der Waals surface area contributed by atoms with Gasteiger partial charge < -0.3 is 10.0 Å². The fourth-order valence-corrected chi connectivity index (χ4v) is 2.97. The van der Waals surface area contributed by atoms with Crippen LogP contribution in [0.25, 0.3) is 0 Å². The van der Waals surface area contributed by atoms with Crippen LogP contribution in [-0.4, -0.2) is 34.4 Å². The molecule has 104 valence electrons. The maximum atomic E-state index is 12.6. The van der Waals surface area contributed by atoms with Gasteiger partial charge in [0.25, 0.3) is 0 Å². The van der Waals surface area contributed by atoms with E-state index in [0.717, 1.165) is 5.69 Å². The van der Waals surface area contributed by atoms with Crippen molar-refractivity contribution < 1.29 is 9.90 Å². The number of β-amino-alcohol motifs (C(OH)–C–C–N with tert-alkyl or cyclic N) is 1. The Morgan fingerprint density at radius 3 is 2.81 bits per heavy atom. The molecule has 0 amide bonds. The van der Waals surface area contributed by atoms with Gasteiger partial charge >= 0.3 is 0 Å². The van der Waals surface area contributed by atoms with E-state index in [9.17, 15) is 9.90 Å². The number of pyridine rings is 1. The summed E-state index contributed by atoms with van der Waals surface area (Å²) >= 11 is 0. The van der Waals surface area contributed by atoms with E-state index in [-0.39, 0.29) is 5.78 Å². The highest BCUT2D eigenvalue weighted by Gasteiger charge is 2.45. The molecule has 1 aromatic carbocycles. The number of rotatable bonds is 1. The zero-order valence-corrected chi connectivity index (χ0v) is 11.2. The van der Waals surface area contributed by atoms with Crippen molar-refractivity contribution in [2.45, 2.75) is 6.10 Å². The van der Waals surface area contributed by atoms with Crippen molar-refractivity contribution in [3.05, 3.63) is 54.4 Å².